The molecule has 0 amide bonds. The molecule has 1 heterocycles. The van der Waals surface area contributed by atoms with Gasteiger partial charge in [0, 0.05) is 5.38 Å². The molecule has 2 aromatic rings. The van der Waals surface area contributed by atoms with Crippen LogP contribution in [-0.2, 0) is 27.8 Å². The molecule has 0 fully saturated rings. The van der Waals surface area contributed by atoms with E-state index in [2.05, 4.69) is 4.98 Å². The van der Waals surface area contributed by atoms with Crippen molar-refractivity contribution in [2.45, 2.75) is 38.7 Å². The first-order valence-electron chi connectivity index (χ1n) is 6.96. The molecule has 2 rings (SSSR count). The maximum absolute atomic E-state index is 12.2. The summed E-state index contributed by atoms with van der Waals surface area (Å²) < 4.78 is 28.4. The third-order valence-electron chi connectivity index (χ3n) is 3.41. The van der Waals surface area contributed by atoms with Crippen LogP contribution in [0.2, 0.25) is 0 Å². The predicted octanol–water partition coefficient (Wildman–Crippen LogP) is 2.33. The monoisotopic (exact) mass is 354 g/mol. The molecule has 8 heteroatoms. The van der Waals surface area contributed by atoms with E-state index in [1.165, 1.54) is 17.4 Å². The highest BCUT2D eigenvalue weighted by Crippen LogP contribution is 2.21. The third kappa shape index (κ3) is 4.15. The van der Waals surface area contributed by atoms with Crippen LogP contribution in [0, 0.1) is 13.8 Å². The standard InChI is InChI=1S/C15H18N2O4S2/c1-4-14-17-12(8-22-14)7-21-15(18)11-5-9(2)10(3)13(6-11)23(16,19)20/h5-6,8H,4,7H2,1-3H3,(H2,16,19,20). The van der Waals surface area contributed by atoms with Gasteiger partial charge in [-0.25, -0.2) is 23.3 Å². The molecule has 23 heavy (non-hydrogen) atoms. The van der Waals surface area contributed by atoms with Crippen LogP contribution in [0.1, 0.15) is 39.1 Å². The number of hydrogen-bond donors (Lipinski definition) is 1. The minimum atomic E-state index is -3.90. The Bertz CT molecular complexity index is 841. The number of sulfonamides is 1. The van der Waals surface area contributed by atoms with Crippen LogP contribution in [-0.4, -0.2) is 19.4 Å². The minimum Gasteiger partial charge on any atom is -0.456 e. The Morgan fingerprint density at radius 2 is 2.04 bits per heavy atom. The van der Waals surface area contributed by atoms with Crippen molar-refractivity contribution in [3.8, 4) is 0 Å². The molecular formula is C15H18N2O4S2. The zero-order valence-electron chi connectivity index (χ0n) is 13.1. The van der Waals surface area contributed by atoms with Crippen LogP contribution in [0.25, 0.3) is 0 Å². The Kier molecular flexibility index (Phi) is 5.18. The second kappa shape index (κ2) is 6.77. The quantitative estimate of drug-likeness (QED) is 0.831. The Morgan fingerprint density at radius 1 is 1.35 bits per heavy atom. The molecule has 0 atom stereocenters. The summed E-state index contributed by atoms with van der Waals surface area (Å²) in [4.78, 5) is 16.4. The summed E-state index contributed by atoms with van der Waals surface area (Å²) in [6, 6.07) is 2.84. The molecule has 0 saturated carbocycles. The molecular weight excluding hydrogens is 336 g/mol. The number of carbonyl (C=O) groups is 1. The van der Waals surface area contributed by atoms with Crippen LogP contribution in [0.3, 0.4) is 0 Å². The molecule has 0 aliphatic carbocycles. The number of aryl methyl sites for hydroxylation is 2. The lowest BCUT2D eigenvalue weighted by Crippen LogP contribution is -2.16. The first kappa shape index (κ1) is 17.6. The van der Waals surface area contributed by atoms with Gasteiger partial charge in [0.25, 0.3) is 0 Å². The fourth-order valence-corrected chi connectivity index (χ4v) is 3.65. The van der Waals surface area contributed by atoms with E-state index in [-0.39, 0.29) is 17.1 Å². The number of ether oxygens (including phenoxy) is 1. The van der Waals surface area contributed by atoms with Gasteiger partial charge in [0.15, 0.2) is 0 Å². The first-order valence-corrected chi connectivity index (χ1v) is 9.39. The van der Waals surface area contributed by atoms with Gasteiger partial charge in [0.2, 0.25) is 10.0 Å². The fourth-order valence-electron chi connectivity index (χ4n) is 2.04. The molecule has 0 saturated heterocycles. The number of primary sulfonamides is 1. The highest BCUT2D eigenvalue weighted by atomic mass is 32.2. The van der Waals surface area contributed by atoms with Gasteiger partial charge in [-0.1, -0.05) is 6.92 Å². The van der Waals surface area contributed by atoms with Crippen LogP contribution in [0.4, 0.5) is 0 Å². The minimum absolute atomic E-state index is 0.0486. The van der Waals surface area contributed by atoms with E-state index in [0.717, 1.165) is 11.4 Å². The molecule has 124 valence electrons. The van der Waals surface area contributed by atoms with E-state index >= 15 is 0 Å². The molecule has 1 aromatic carbocycles. The smallest absolute Gasteiger partial charge is 0.338 e. The van der Waals surface area contributed by atoms with Crippen LogP contribution < -0.4 is 5.14 Å². The molecule has 0 bridgehead atoms. The zero-order chi connectivity index (χ0) is 17.2. The Balaban J connectivity index is 2.21. The summed E-state index contributed by atoms with van der Waals surface area (Å²) in [5.41, 5.74) is 2.01. The topological polar surface area (TPSA) is 99.3 Å². The van der Waals surface area contributed by atoms with Crippen molar-refractivity contribution in [2.75, 3.05) is 0 Å². The van der Waals surface area contributed by atoms with E-state index in [0.29, 0.717) is 16.8 Å². The average molecular weight is 354 g/mol. The normalized spacial score (nSPS) is 11.5. The van der Waals surface area contributed by atoms with Crippen molar-refractivity contribution < 1.29 is 17.9 Å². The van der Waals surface area contributed by atoms with Gasteiger partial charge in [-0.05, 0) is 43.5 Å². The number of esters is 1. The Morgan fingerprint density at radius 3 is 2.61 bits per heavy atom. The van der Waals surface area contributed by atoms with Crippen LogP contribution >= 0.6 is 11.3 Å². The molecule has 6 nitrogen and oxygen atoms in total. The predicted molar refractivity (Wildman–Crippen MR) is 87.9 cm³/mol. The van der Waals surface area contributed by atoms with E-state index in [4.69, 9.17) is 9.88 Å². The summed E-state index contributed by atoms with van der Waals surface area (Å²) in [5.74, 6) is -0.607. The number of hydrogen-bond acceptors (Lipinski definition) is 6. The van der Waals surface area contributed by atoms with Gasteiger partial charge in [0.05, 0.1) is 21.2 Å². The average Bonchev–Trinajstić information content (AvgIpc) is 2.94. The summed E-state index contributed by atoms with van der Waals surface area (Å²) in [6.45, 7) is 5.41. The molecule has 0 aliphatic rings. The molecule has 0 unspecified atom stereocenters. The van der Waals surface area contributed by atoms with E-state index in [1.807, 2.05) is 12.3 Å². The fraction of sp³-hybridized carbons (Fsp3) is 0.333. The maximum atomic E-state index is 12.2. The van der Waals surface area contributed by atoms with Crippen molar-refractivity contribution >= 4 is 27.3 Å². The highest BCUT2D eigenvalue weighted by Gasteiger charge is 2.18. The van der Waals surface area contributed by atoms with Crippen molar-refractivity contribution in [2.24, 2.45) is 5.14 Å². The lowest BCUT2D eigenvalue weighted by atomic mass is 10.1. The lowest BCUT2D eigenvalue weighted by molar-refractivity contribution is 0.0468. The molecule has 2 N–H and O–H groups in total. The van der Waals surface area contributed by atoms with Gasteiger partial charge < -0.3 is 4.74 Å². The molecule has 1 aromatic heterocycles. The molecule has 0 spiro atoms. The van der Waals surface area contributed by atoms with Gasteiger partial charge in [-0.15, -0.1) is 11.3 Å². The van der Waals surface area contributed by atoms with Gasteiger partial charge >= 0.3 is 5.97 Å². The van der Waals surface area contributed by atoms with Crippen molar-refractivity contribution in [1.82, 2.24) is 4.98 Å². The zero-order valence-corrected chi connectivity index (χ0v) is 14.8. The second-order valence-corrected chi connectivity index (χ2v) is 7.60. The van der Waals surface area contributed by atoms with Crippen LogP contribution in [0.5, 0.6) is 0 Å². The summed E-state index contributed by atoms with van der Waals surface area (Å²) in [6.07, 6.45) is 0.827. The SMILES string of the molecule is CCc1nc(COC(=O)c2cc(C)c(C)c(S(N)(=O)=O)c2)cs1. The van der Waals surface area contributed by atoms with Crippen LogP contribution in [0.15, 0.2) is 22.4 Å². The number of nitrogens with zero attached hydrogens (tertiary/aromatic N) is 1. The first-order chi connectivity index (χ1) is 10.7. The summed E-state index contributed by atoms with van der Waals surface area (Å²) in [5, 5.41) is 8.00. The Hall–Kier alpha value is -1.77. The second-order valence-electron chi connectivity index (χ2n) is 5.12. The van der Waals surface area contributed by atoms with Gasteiger partial charge in [0.1, 0.15) is 6.61 Å². The maximum Gasteiger partial charge on any atom is 0.338 e. The van der Waals surface area contributed by atoms with Crippen molar-refractivity contribution in [3.63, 3.8) is 0 Å². The lowest BCUT2D eigenvalue weighted by Gasteiger charge is -2.10. The van der Waals surface area contributed by atoms with E-state index in [1.54, 1.807) is 19.9 Å². The highest BCUT2D eigenvalue weighted by molar-refractivity contribution is 7.89. The van der Waals surface area contributed by atoms with Gasteiger partial charge in [-0.3, -0.25) is 0 Å². The largest absolute Gasteiger partial charge is 0.456 e. The number of nitrogens with two attached hydrogens (primary N) is 1. The number of benzene rings is 1. The number of thiazole rings is 1. The van der Waals surface area contributed by atoms with Crippen molar-refractivity contribution in [1.29, 1.82) is 0 Å². The van der Waals surface area contributed by atoms with E-state index in [9.17, 15) is 13.2 Å². The number of rotatable bonds is 5. The van der Waals surface area contributed by atoms with E-state index < -0.39 is 16.0 Å². The van der Waals surface area contributed by atoms with Crippen molar-refractivity contribution in [3.05, 3.63) is 44.9 Å². The number of carbonyl (C=O) groups excluding carboxylic acids is 1. The number of aromatic nitrogens is 1. The third-order valence-corrected chi connectivity index (χ3v) is 5.49. The molecule has 0 aliphatic heterocycles. The molecule has 0 radical (unpaired) electrons. The van der Waals surface area contributed by atoms with Gasteiger partial charge in [-0.2, -0.15) is 0 Å². The summed E-state index contributed by atoms with van der Waals surface area (Å²) >= 11 is 1.51. The Labute approximate surface area is 139 Å². The summed E-state index contributed by atoms with van der Waals surface area (Å²) in [7, 11) is -3.90.